The number of nitrogens with zero attached hydrogens (tertiary/aromatic N) is 1. The molecular formula is C12H24N2O2. The fraction of sp³-hybridized carbons (Fsp3) is 0.917. The van der Waals surface area contributed by atoms with Gasteiger partial charge >= 0.3 is 0 Å². The van der Waals surface area contributed by atoms with E-state index in [1.807, 2.05) is 11.8 Å². The average Bonchev–Trinajstić information content (AvgIpc) is 2.35. The lowest BCUT2D eigenvalue weighted by Gasteiger charge is -2.31. The Morgan fingerprint density at radius 3 is 2.62 bits per heavy atom. The molecule has 1 fully saturated rings. The minimum atomic E-state index is 0.172. The summed E-state index contributed by atoms with van der Waals surface area (Å²) in [6.45, 7) is 4.50. The maximum atomic E-state index is 11.9. The van der Waals surface area contributed by atoms with Gasteiger partial charge in [0.25, 0.3) is 0 Å². The van der Waals surface area contributed by atoms with Gasteiger partial charge in [0.1, 0.15) is 0 Å². The summed E-state index contributed by atoms with van der Waals surface area (Å²) in [6.07, 6.45) is 3.70. The van der Waals surface area contributed by atoms with Gasteiger partial charge < -0.3 is 15.4 Å². The molecule has 1 aliphatic rings. The molecular weight excluding hydrogens is 204 g/mol. The molecule has 94 valence electrons. The van der Waals surface area contributed by atoms with Crippen LogP contribution in [-0.4, -0.2) is 43.7 Å². The molecule has 0 aliphatic carbocycles. The molecule has 2 N–H and O–H groups in total. The first-order valence-electron chi connectivity index (χ1n) is 6.18. The van der Waals surface area contributed by atoms with Crippen LogP contribution in [0.15, 0.2) is 0 Å². The summed E-state index contributed by atoms with van der Waals surface area (Å²) >= 11 is 0. The van der Waals surface area contributed by atoms with E-state index in [-0.39, 0.29) is 12.0 Å². The third-order valence-electron chi connectivity index (χ3n) is 3.47. The first-order valence-corrected chi connectivity index (χ1v) is 6.18. The number of likely N-dealkylation sites (tertiary alicyclic amines) is 1. The fourth-order valence-corrected chi connectivity index (χ4v) is 2.02. The van der Waals surface area contributed by atoms with Crippen molar-refractivity contribution in [3.8, 4) is 0 Å². The Morgan fingerprint density at radius 1 is 1.50 bits per heavy atom. The van der Waals surface area contributed by atoms with Gasteiger partial charge in [-0.05, 0) is 38.6 Å². The first kappa shape index (κ1) is 13.5. The van der Waals surface area contributed by atoms with Crippen molar-refractivity contribution in [1.82, 2.24) is 4.90 Å². The van der Waals surface area contributed by atoms with Crippen molar-refractivity contribution >= 4 is 5.91 Å². The van der Waals surface area contributed by atoms with Crippen LogP contribution in [0.1, 0.15) is 32.6 Å². The second-order valence-electron chi connectivity index (χ2n) is 4.64. The molecule has 1 atom stereocenters. The van der Waals surface area contributed by atoms with Gasteiger partial charge in [-0.3, -0.25) is 4.79 Å². The summed E-state index contributed by atoms with van der Waals surface area (Å²) in [6, 6.07) is 0. The predicted octanol–water partition coefficient (Wildman–Crippen LogP) is 0.999. The number of carbonyl (C=O) groups excluding carboxylic acids is 1. The number of hydrogen-bond donors (Lipinski definition) is 1. The summed E-state index contributed by atoms with van der Waals surface area (Å²) in [5.74, 6) is 0.876. The Labute approximate surface area is 98.1 Å². The van der Waals surface area contributed by atoms with E-state index in [0.29, 0.717) is 12.3 Å². The summed E-state index contributed by atoms with van der Waals surface area (Å²) < 4.78 is 5.14. The van der Waals surface area contributed by atoms with Gasteiger partial charge in [-0.1, -0.05) is 0 Å². The Bertz CT molecular complexity index is 213. The van der Waals surface area contributed by atoms with Crippen LogP contribution < -0.4 is 5.73 Å². The Balaban J connectivity index is 2.22. The normalized spacial score (nSPS) is 19.8. The third-order valence-corrected chi connectivity index (χ3v) is 3.47. The standard InChI is InChI=1S/C12H24N2O2/c1-10(16-2)3-4-12(15)14-7-5-11(9-13)6-8-14/h10-11H,3-9,13H2,1-2H3. The van der Waals surface area contributed by atoms with Crippen LogP contribution in [0.2, 0.25) is 0 Å². The third kappa shape index (κ3) is 4.10. The smallest absolute Gasteiger partial charge is 0.222 e. The zero-order chi connectivity index (χ0) is 12.0. The Morgan fingerprint density at radius 2 is 2.12 bits per heavy atom. The van der Waals surface area contributed by atoms with Crippen molar-refractivity contribution < 1.29 is 9.53 Å². The number of rotatable bonds is 5. The largest absolute Gasteiger partial charge is 0.382 e. The predicted molar refractivity (Wildman–Crippen MR) is 64.1 cm³/mol. The molecule has 0 aromatic carbocycles. The van der Waals surface area contributed by atoms with E-state index in [1.54, 1.807) is 7.11 Å². The van der Waals surface area contributed by atoms with Gasteiger partial charge in [-0.25, -0.2) is 0 Å². The fourth-order valence-electron chi connectivity index (χ4n) is 2.02. The molecule has 16 heavy (non-hydrogen) atoms. The van der Waals surface area contributed by atoms with Crippen LogP contribution >= 0.6 is 0 Å². The van der Waals surface area contributed by atoms with Crippen LogP contribution in [0.5, 0.6) is 0 Å². The van der Waals surface area contributed by atoms with Crippen LogP contribution in [-0.2, 0) is 9.53 Å². The molecule has 1 unspecified atom stereocenters. The highest BCUT2D eigenvalue weighted by Crippen LogP contribution is 2.17. The number of ether oxygens (including phenoxy) is 1. The van der Waals surface area contributed by atoms with Crippen molar-refractivity contribution in [3.05, 3.63) is 0 Å². The SMILES string of the molecule is COC(C)CCC(=O)N1CCC(CN)CC1. The molecule has 1 amide bonds. The zero-order valence-electron chi connectivity index (χ0n) is 10.4. The summed E-state index contributed by atoms with van der Waals surface area (Å²) in [7, 11) is 1.68. The summed E-state index contributed by atoms with van der Waals surface area (Å²) in [5.41, 5.74) is 5.62. The van der Waals surface area contributed by atoms with Gasteiger partial charge in [0.2, 0.25) is 5.91 Å². The van der Waals surface area contributed by atoms with E-state index in [0.717, 1.165) is 38.9 Å². The molecule has 1 rings (SSSR count). The summed E-state index contributed by atoms with van der Waals surface area (Å²) in [5, 5.41) is 0. The summed E-state index contributed by atoms with van der Waals surface area (Å²) in [4.78, 5) is 13.8. The Kier molecular flexibility index (Phi) is 5.77. The number of piperidine rings is 1. The number of carbonyl (C=O) groups is 1. The van der Waals surface area contributed by atoms with E-state index < -0.39 is 0 Å². The lowest BCUT2D eigenvalue weighted by Crippen LogP contribution is -2.40. The van der Waals surface area contributed by atoms with E-state index in [1.165, 1.54) is 0 Å². The molecule has 1 heterocycles. The van der Waals surface area contributed by atoms with Gasteiger partial charge in [0.15, 0.2) is 0 Å². The lowest BCUT2D eigenvalue weighted by atomic mass is 9.97. The quantitative estimate of drug-likeness (QED) is 0.763. The molecule has 1 aliphatic heterocycles. The van der Waals surface area contributed by atoms with Gasteiger partial charge in [-0.15, -0.1) is 0 Å². The van der Waals surface area contributed by atoms with E-state index in [2.05, 4.69) is 0 Å². The number of nitrogens with two attached hydrogens (primary N) is 1. The van der Waals surface area contributed by atoms with E-state index in [9.17, 15) is 4.79 Å². The van der Waals surface area contributed by atoms with Gasteiger partial charge in [0.05, 0.1) is 6.10 Å². The van der Waals surface area contributed by atoms with Crippen LogP contribution in [0.4, 0.5) is 0 Å². The highest BCUT2D eigenvalue weighted by atomic mass is 16.5. The molecule has 0 radical (unpaired) electrons. The molecule has 0 spiro atoms. The van der Waals surface area contributed by atoms with Crippen LogP contribution in [0.3, 0.4) is 0 Å². The van der Waals surface area contributed by atoms with Crippen molar-refractivity contribution in [1.29, 1.82) is 0 Å². The van der Waals surface area contributed by atoms with Gasteiger partial charge in [0, 0.05) is 26.6 Å². The molecule has 0 saturated carbocycles. The van der Waals surface area contributed by atoms with Crippen molar-refractivity contribution in [3.63, 3.8) is 0 Å². The maximum absolute atomic E-state index is 11.9. The average molecular weight is 228 g/mol. The highest BCUT2D eigenvalue weighted by molar-refractivity contribution is 5.76. The molecule has 4 heteroatoms. The first-order chi connectivity index (χ1) is 7.67. The van der Waals surface area contributed by atoms with E-state index in [4.69, 9.17) is 10.5 Å². The zero-order valence-corrected chi connectivity index (χ0v) is 10.4. The topological polar surface area (TPSA) is 55.6 Å². The molecule has 1 saturated heterocycles. The molecule has 0 bridgehead atoms. The molecule has 0 aromatic rings. The van der Waals surface area contributed by atoms with E-state index >= 15 is 0 Å². The number of amides is 1. The van der Waals surface area contributed by atoms with Crippen LogP contribution in [0, 0.1) is 5.92 Å². The highest BCUT2D eigenvalue weighted by Gasteiger charge is 2.21. The monoisotopic (exact) mass is 228 g/mol. The molecule has 4 nitrogen and oxygen atoms in total. The second-order valence-corrected chi connectivity index (χ2v) is 4.64. The van der Waals surface area contributed by atoms with Gasteiger partial charge in [-0.2, -0.15) is 0 Å². The van der Waals surface area contributed by atoms with Crippen molar-refractivity contribution in [2.24, 2.45) is 11.7 Å². The second kappa shape index (κ2) is 6.86. The van der Waals surface area contributed by atoms with Crippen molar-refractivity contribution in [2.45, 2.75) is 38.7 Å². The minimum Gasteiger partial charge on any atom is -0.382 e. The lowest BCUT2D eigenvalue weighted by molar-refractivity contribution is -0.133. The molecule has 0 aromatic heterocycles. The number of methoxy groups -OCH3 is 1. The van der Waals surface area contributed by atoms with Crippen molar-refractivity contribution in [2.75, 3.05) is 26.7 Å². The number of hydrogen-bond acceptors (Lipinski definition) is 3. The minimum absolute atomic E-state index is 0.172. The van der Waals surface area contributed by atoms with Crippen LogP contribution in [0.25, 0.3) is 0 Å². The maximum Gasteiger partial charge on any atom is 0.222 e. The Hall–Kier alpha value is -0.610.